The van der Waals surface area contributed by atoms with Gasteiger partial charge in [0.15, 0.2) is 0 Å². The number of aromatic nitrogens is 2. The fourth-order valence-corrected chi connectivity index (χ4v) is 4.33. The van der Waals surface area contributed by atoms with Crippen LogP contribution in [0.1, 0.15) is 78.4 Å². The summed E-state index contributed by atoms with van der Waals surface area (Å²) in [5, 5.41) is 0.322. The first-order valence-electron chi connectivity index (χ1n) is 13.0. The number of ketones is 1. The molecule has 10 nitrogen and oxygen atoms in total. The number of nitrogens with zero attached hydrogens (tertiary/aromatic N) is 2. The zero-order valence-corrected chi connectivity index (χ0v) is 27.1. The van der Waals surface area contributed by atoms with Crippen LogP contribution in [0.5, 0.6) is 5.88 Å². The molecule has 42 heavy (non-hydrogen) atoms. The summed E-state index contributed by atoms with van der Waals surface area (Å²) >= 11 is 1.81. The van der Waals surface area contributed by atoms with E-state index in [0.29, 0.717) is 5.39 Å². The van der Waals surface area contributed by atoms with Gasteiger partial charge in [0, 0.05) is 32.9 Å². The first-order chi connectivity index (χ1) is 19.1. The molecule has 0 fully saturated rings. The maximum atomic E-state index is 15.5. The van der Waals surface area contributed by atoms with Gasteiger partial charge in [-0.2, -0.15) is 0 Å². The second-order valence-corrected chi connectivity index (χ2v) is 13.5. The number of ether oxygens (including phenoxy) is 4. The Labute approximate surface area is 256 Å². The van der Waals surface area contributed by atoms with E-state index in [-0.39, 0.29) is 26.2 Å². The molecule has 12 heteroatoms. The van der Waals surface area contributed by atoms with Crippen LogP contribution < -0.4 is 4.74 Å². The topological polar surface area (TPSA) is 115 Å². The zero-order chi connectivity index (χ0) is 31.8. The van der Waals surface area contributed by atoms with Crippen LogP contribution in [-0.2, 0) is 14.2 Å². The number of halogens is 2. The molecule has 0 aliphatic rings. The highest BCUT2D eigenvalue weighted by atomic mass is 127. The molecule has 2 aromatic heterocycles. The van der Waals surface area contributed by atoms with Crippen LogP contribution in [0.25, 0.3) is 14.5 Å². The van der Waals surface area contributed by atoms with Gasteiger partial charge in [-0.1, -0.05) is 0 Å². The third-order valence-corrected chi connectivity index (χ3v) is 6.01. The van der Waals surface area contributed by atoms with Crippen molar-refractivity contribution in [2.24, 2.45) is 0 Å². The highest BCUT2D eigenvalue weighted by Gasteiger charge is 2.28. The van der Waals surface area contributed by atoms with E-state index in [0.717, 1.165) is 15.2 Å². The molecule has 0 saturated carbocycles. The Balaban J connectivity index is 2.05. The number of fused-ring (bicyclic) bond motifs is 1. The van der Waals surface area contributed by atoms with Crippen LogP contribution in [0.15, 0.2) is 42.6 Å². The quantitative estimate of drug-likeness (QED) is 0.0884. The Hall–Kier alpha value is -3.68. The number of carbonyl (C=O) groups is 4. The van der Waals surface area contributed by atoms with E-state index in [1.54, 1.807) is 62.3 Å². The number of rotatable bonds is 4. The summed E-state index contributed by atoms with van der Waals surface area (Å²) in [5.74, 6) is -1.56. The Bertz CT molecular complexity index is 1580. The average Bonchev–Trinajstić information content (AvgIpc) is 3.39. The van der Waals surface area contributed by atoms with E-state index in [4.69, 9.17) is 18.9 Å². The van der Waals surface area contributed by atoms with Gasteiger partial charge in [0.05, 0.1) is 11.2 Å². The molecule has 226 valence electrons. The summed E-state index contributed by atoms with van der Waals surface area (Å²) in [7, 11) is 0. The Morgan fingerprint density at radius 1 is 0.833 bits per heavy atom. The third kappa shape index (κ3) is 8.43. The SMILES string of the molecule is CC(C)(C)OC(=O)Oc1cc2cc(/C(I)=C/C(=O)c3cccn3C(=O)OC(C)(C)C)c(F)cc2n1C(=O)OC(C)(C)C. The Kier molecular flexibility index (Phi) is 9.30. The lowest BCUT2D eigenvalue weighted by atomic mass is 10.1. The van der Waals surface area contributed by atoms with Gasteiger partial charge in [0.2, 0.25) is 11.7 Å². The summed E-state index contributed by atoms with van der Waals surface area (Å²) in [4.78, 5) is 51.2. The van der Waals surface area contributed by atoms with Crippen molar-refractivity contribution in [3.8, 4) is 5.88 Å². The molecule has 0 amide bonds. The zero-order valence-electron chi connectivity index (χ0n) is 25.0. The molecule has 0 unspecified atom stereocenters. The van der Waals surface area contributed by atoms with Crippen LogP contribution in [0.3, 0.4) is 0 Å². The second kappa shape index (κ2) is 11.9. The first kappa shape index (κ1) is 32.8. The summed E-state index contributed by atoms with van der Waals surface area (Å²) in [5.41, 5.74) is -2.40. The van der Waals surface area contributed by atoms with Gasteiger partial charge >= 0.3 is 18.3 Å². The summed E-state index contributed by atoms with van der Waals surface area (Å²) in [6.07, 6.45) is -0.104. The molecule has 0 atom stereocenters. The molecule has 1 aromatic carbocycles. The van der Waals surface area contributed by atoms with Gasteiger partial charge < -0.3 is 18.9 Å². The predicted molar refractivity (Wildman–Crippen MR) is 163 cm³/mol. The molecular formula is C30H34FIN2O8. The molecule has 0 saturated heterocycles. The third-order valence-electron chi connectivity index (χ3n) is 5.12. The molecule has 3 rings (SSSR count). The van der Waals surface area contributed by atoms with Crippen LogP contribution in [-0.4, -0.2) is 50.1 Å². The molecule has 0 aliphatic heterocycles. The summed E-state index contributed by atoms with van der Waals surface area (Å²) < 4.78 is 39.1. The highest BCUT2D eigenvalue weighted by Crippen LogP contribution is 2.34. The fraction of sp³-hybridized carbons (Fsp3) is 0.400. The van der Waals surface area contributed by atoms with Gasteiger partial charge in [-0.3, -0.25) is 4.79 Å². The normalized spacial score (nSPS) is 12.7. The summed E-state index contributed by atoms with van der Waals surface area (Å²) in [6.45, 7) is 15.1. The average molecular weight is 697 g/mol. The minimum Gasteiger partial charge on any atom is -0.443 e. The number of allylic oxidation sites excluding steroid dienone is 1. The van der Waals surface area contributed by atoms with Crippen molar-refractivity contribution in [1.29, 1.82) is 0 Å². The second-order valence-electron chi connectivity index (χ2n) is 12.4. The predicted octanol–water partition coefficient (Wildman–Crippen LogP) is 8.12. The first-order valence-corrected chi connectivity index (χ1v) is 14.0. The van der Waals surface area contributed by atoms with E-state index in [1.165, 1.54) is 36.5 Å². The molecule has 0 radical (unpaired) electrons. The number of benzene rings is 1. The Morgan fingerprint density at radius 3 is 1.98 bits per heavy atom. The highest BCUT2D eigenvalue weighted by molar-refractivity contribution is 14.1. The van der Waals surface area contributed by atoms with E-state index in [9.17, 15) is 19.2 Å². The van der Waals surface area contributed by atoms with Crippen LogP contribution in [0, 0.1) is 5.82 Å². The number of hydrogen-bond donors (Lipinski definition) is 0. The molecule has 2 heterocycles. The van der Waals surface area contributed by atoms with Crippen molar-refractivity contribution in [2.75, 3.05) is 0 Å². The largest absolute Gasteiger partial charge is 0.515 e. The van der Waals surface area contributed by atoms with E-state index in [1.807, 2.05) is 22.6 Å². The van der Waals surface area contributed by atoms with Crippen molar-refractivity contribution in [3.63, 3.8) is 0 Å². The lowest BCUT2D eigenvalue weighted by molar-refractivity contribution is 0.0183. The van der Waals surface area contributed by atoms with Gasteiger partial charge in [-0.25, -0.2) is 27.9 Å². The smallest absolute Gasteiger partial charge is 0.443 e. The molecular weight excluding hydrogens is 662 g/mol. The van der Waals surface area contributed by atoms with Crippen molar-refractivity contribution < 1.29 is 42.5 Å². The van der Waals surface area contributed by atoms with Gasteiger partial charge in [-0.05, 0) is 109 Å². The maximum absolute atomic E-state index is 15.5. The van der Waals surface area contributed by atoms with Gasteiger partial charge in [-0.15, -0.1) is 0 Å². The van der Waals surface area contributed by atoms with Crippen molar-refractivity contribution in [1.82, 2.24) is 9.13 Å². The molecule has 3 aromatic rings. The van der Waals surface area contributed by atoms with E-state index in [2.05, 4.69) is 0 Å². The van der Waals surface area contributed by atoms with Crippen LogP contribution in [0.2, 0.25) is 0 Å². The fourth-order valence-electron chi connectivity index (χ4n) is 3.63. The van der Waals surface area contributed by atoms with Crippen molar-refractivity contribution >= 4 is 61.2 Å². The van der Waals surface area contributed by atoms with Crippen LogP contribution >= 0.6 is 22.6 Å². The van der Waals surface area contributed by atoms with E-state index >= 15 is 4.39 Å². The number of carbonyl (C=O) groups excluding carboxylic acids is 4. The number of hydrogen-bond acceptors (Lipinski definition) is 8. The minimum absolute atomic E-state index is 0.0315. The van der Waals surface area contributed by atoms with Crippen molar-refractivity contribution in [2.45, 2.75) is 79.1 Å². The Morgan fingerprint density at radius 2 is 1.40 bits per heavy atom. The van der Waals surface area contributed by atoms with Crippen LogP contribution in [0.4, 0.5) is 18.8 Å². The lowest BCUT2D eigenvalue weighted by Crippen LogP contribution is -2.29. The maximum Gasteiger partial charge on any atom is 0.515 e. The molecule has 0 bridgehead atoms. The van der Waals surface area contributed by atoms with Crippen molar-refractivity contribution in [3.05, 3.63) is 59.7 Å². The van der Waals surface area contributed by atoms with Gasteiger partial charge in [0.25, 0.3) is 0 Å². The van der Waals surface area contributed by atoms with Gasteiger partial charge in [0.1, 0.15) is 22.6 Å². The standard InChI is InChI=1S/C30H34FIN2O8/c1-28(2,3)40-25(36)33-12-10-11-21(33)23(35)16-20(32)18-13-17-14-24(39-27(38)42-30(7,8)9)34(22(17)15-19(18)31)26(37)41-29(4,5)6/h10-16H,1-9H3/b20-16-. The molecule has 0 aliphatic carbocycles. The molecule has 0 N–H and O–H groups in total. The van der Waals surface area contributed by atoms with E-state index < -0.39 is 46.7 Å². The lowest BCUT2D eigenvalue weighted by Gasteiger charge is -2.21. The summed E-state index contributed by atoms with van der Waals surface area (Å²) in [6, 6.07) is 6.83. The molecule has 0 spiro atoms. The monoisotopic (exact) mass is 696 g/mol. The minimum atomic E-state index is -1.07.